The van der Waals surface area contributed by atoms with Crippen molar-refractivity contribution in [2.24, 2.45) is 29.4 Å². The van der Waals surface area contributed by atoms with Crippen molar-refractivity contribution in [1.82, 2.24) is 0 Å². The minimum atomic E-state index is -1.19. The summed E-state index contributed by atoms with van der Waals surface area (Å²) in [5.41, 5.74) is 5.36. The first-order valence-corrected chi connectivity index (χ1v) is 17.4. The van der Waals surface area contributed by atoms with Crippen LogP contribution in [0.3, 0.4) is 0 Å². The highest BCUT2D eigenvalue weighted by Crippen LogP contribution is 2.45. The minimum Gasteiger partial charge on any atom is -0.550 e. The van der Waals surface area contributed by atoms with Crippen LogP contribution in [0.15, 0.2) is 0 Å². The van der Waals surface area contributed by atoms with E-state index >= 15 is 0 Å². The third-order valence-electron chi connectivity index (χ3n) is 10.1. The lowest BCUT2D eigenvalue weighted by molar-refractivity contribution is -0.699. The van der Waals surface area contributed by atoms with Crippen molar-refractivity contribution in [1.29, 1.82) is 0 Å². The molecule has 242 valence electrons. The average molecular weight is 585 g/mol. The van der Waals surface area contributed by atoms with Crippen molar-refractivity contribution in [2.75, 3.05) is 19.6 Å². The van der Waals surface area contributed by atoms with Crippen LogP contribution in [0.1, 0.15) is 136 Å². The number of aliphatic hydroxyl groups excluding tert-OH is 2. The molecule has 2 aliphatic rings. The summed E-state index contributed by atoms with van der Waals surface area (Å²) in [5, 5.41) is 49.0. The van der Waals surface area contributed by atoms with Gasteiger partial charge in [0.05, 0.1) is 37.4 Å². The number of rotatable bonds is 23. The van der Waals surface area contributed by atoms with Crippen LogP contribution in [0.25, 0.3) is 0 Å². The van der Waals surface area contributed by atoms with E-state index in [1.807, 2.05) is 0 Å². The van der Waals surface area contributed by atoms with Crippen LogP contribution in [0.4, 0.5) is 0 Å². The predicted molar refractivity (Wildman–Crippen MR) is 161 cm³/mol. The fourth-order valence-corrected chi connectivity index (χ4v) is 7.63. The van der Waals surface area contributed by atoms with Crippen molar-refractivity contribution in [3.63, 3.8) is 0 Å². The Bertz CT molecular complexity index is 698. The summed E-state index contributed by atoms with van der Waals surface area (Å²) in [6, 6.07) is 0. The molecule has 2 unspecified atom stereocenters. The highest BCUT2D eigenvalue weighted by atomic mass is 16.4. The second kappa shape index (κ2) is 20.2. The number of carboxylic acids is 1. The number of carbonyl (C=O) groups is 1. The molecule has 0 spiro atoms. The van der Waals surface area contributed by atoms with Gasteiger partial charge >= 0.3 is 0 Å². The molecule has 2 fully saturated rings. The molecule has 0 aromatic carbocycles. The molecule has 8 nitrogen and oxygen atoms in total. The van der Waals surface area contributed by atoms with Crippen molar-refractivity contribution >= 4 is 5.97 Å². The molecular formula is C33H66N3O5+. The zero-order valence-corrected chi connectivity index (χ0v) is 26.5. The van der Waals surface area contributed by atoms with Gasteiger partial charge in [-0.2, -0.15) is 0 Å². The van der Waals surface area contributed by atoms with Crippen LogP contribution >= 0.6 is 0 Å². The molecule has 1 aliphatic carbocycles. The summed E-state index contributed by atoms with van der Waals surface area (Å²) in [5.74, 6) is -0.581. The third-order valence-corrected chi connectivity index (χ3v) is 10.1. The van der Waals surface area contributed by atoms with Crippen molar-refractivity contribution in [3.05, 3.63) is 0 Å². The van der Waals surface area contributed by atoms with E-state index in [2.05, 4.69) is 24.5 Å². The summed E-state index contributed by atoms with van der Waals surface area (Å²) < 4.78 is 0. The molecule has 0 aromatic rings. The highest BCUT2D eigenvalue weighted by molar-refractivity contribution is 5.68. The molecule has 8 heteroatoms. The van der Waals surface area contributed by atoms with Gasteiger partial charge in [0, 0.05) is 24.2 Å². The van der Waals surface area contributed by atoms with Crippen LogP contribution in [-0.2, 0) is 4.79 Å². The van der Waals surface area contributed by atoms with E-state index in [-0.39, 0.29) is 12.3 Å². The summed E-state index contributed by atoms with van der Waals surface area (Å²) in [4.78, 5) is 11.9. The van der Waals surface area contributed by atoms with Gasteiger partial charge in [-0.15, -0.1) is 0 Å². The third kappa shape index (κ3) is 14.5. The Kier molecular flexibility index (Phi) is 18.0. The van der Waals surface area contributed by atoms with E-state index < -0.39 is 23.6 Å². The van der Waals surface area contributed by atoms with Crippen LogP contribution in [-0.4, -0.2) is 64.9 Å². The zero-order valence-electron chi connectivity index (χ0n) is 26.5. The second-order valence-corrected chi connectivity index (χ2v) is 13.8. The van der Waals surface area contributed by atoms with Crippen LogP contribution in [0, 0.1) is 23.7 Å². The van der Waals surface area contributed by atoms with Gasteiger partial charge in [0.25, 0.3) is 0 Å². The molecule has 1 heterocycles. The maximum Gasteiger partial charge on any atom is 0.137 e. The van der Waals surface area contributed by atoms with Crippen molar-refractivity contribution < 1.29 is 35.9 Å². The molecule has 1 saturated heterocycles. The molecule has 0 radical (unpaired) electrons. The van der Waals surface area contributed by atoms with E-state index in [0.29, 0.717) is 37.0 Å². The van der Waals surface area contributed by atoms with E-state index in [1.54, 1.807) is 0 Å². The van der Waals surface area contributed by atoms with Gasteiger partial charge in [-0.25, -0.2) is 0 Å². The number of nitrogens with two attached hydrogens (primary N) is 3. The number of quaternary nitrogens is 2. The van der Waals surface area contributed by atoms with Gasteiger partial charge in [0.2, 0.25) is 0 Å². The van der Waals surface area contributed by atoms with Crippen molar-refractivity contribution in [2.45, 2.75) is 160 Å². The lowest BCUT2D eigenvalue weighted by Crippen LogP contribution is -2.94. The van der Waals surface area contributed by atoms with Crippen LogP contribution in [0.2, 0.25) is 0 Å². The molecule has 41 heavy (non-hydrogen) atoms. The summed E-state index contributed by atoms with van der Waals surface area (Å²) in [6.07, 6.45) is 16.1. The summed E-state index contributed by atoms with van der Waals surface area (Å²) in [6.45, 7) is 7.47. The maximum absolute atomic E-state index is 11.9. The van der Waals surface area contributed by atoms with Crippen molar-refractivity contribution in [3.8, 4) is 0 Å². The molecule has 2 rings (SSSR count). The van der Waals surface area contributed by atoms with Crippen LogP contribution in [0.5, 0.6) is 0 Å². The fourth-order valence-electron chi connectivity index (χ4n) is 7.63. The van der Waals surface area contributed by atoms with Gasteiger partial charge in [-0.05, 0) is 76.5 Å². The smallest absolute Gasteiger partial charge is 0.137 e. The SMILES string of the molecule is CCCCCCC[C@H](O)CCCCCC[C@H](C(=O)[O-])[C@H](O)CC[C@]1(O)C[C@@H](C[NH2+]CC)[C@H](CC2CC[NH2+]C(N)C2)C1. The van der Waals surface area contributed by atoms with Gasteiger partial charge in [0.1, 0.15) is 6.17 Å². The van der Waals surface area contributed by atoms with E-state index in [1.165, 1.54) is 32.1 Å². The molecule has 1 saturated carbocycles. The number of carbonyl (C=O) groups excluding carboxylic acids is 1. The molecule has 0 aromatic heterocycles. The average Bonchev–Trinajstić information content (AvgIpc) is 3.24. The Morgan fingerprint density at radius 3 is 2.22 bits per heavy atom. The number of piperidine rings is 1. The lowest BCUT2D eigenvalue weighted by Gasteiger charge is -2.30. The first-order chi connectivity index (χ1) is 19.7. The molecule has 0 bridgehead atoms. The fraction of sp³-hybridized carbons (Fsp3) is 0.970. The Morgan fingerprint density at radius 1 is 0.976 bits per heavy atom. The van der Waals surface area contributed by atoms with E-state index in [0.717, 1.165) is 90.3 Å². The second-order valence-electron chi connectivity index (χ2n) is 13.8. The minimum absolute atomic E-state index is 0.183. The molecule has 9 N–H and O–H groups in total. The van der Waals surface area contributed by atoms with Gasteiger partial charge < -0.3 is 35.9 Å². The molecule has 8 atom stereocenters. The Hall–Kier alpha value is -0.770. The molecule has 1 aliphatic heterocycles. The first kappa shape index (κ1) is 36.4. The predicted octanol–water partition coefficient (Wildman–Crippen LogP) is 1.54. The largest absolute Gasteiger partial charge is 0.550 e. The number of aliphatic hydroxyl groups is 3. The quantitative estimate of drug-likeness (QED) is 0.0999. The summed E-state index contributed by atoms with van der Waals surface area (Å²) >= 11 is 0. The number of hydrogen-bond acceptors (Lipinski definition) is 6. The maximum atomic E-state index is 11.9. The van der Waals surface area contributed by atoms with E-state index in [4.69, 9.17) is 5.73 Å². The zero-order chi connectivity index (χ0) is 30.1. The normalized spacial score (nSPS) is 28.9. The number of carboxylic acid groups (broad SMARTS) is 1. The van der Waals surface area contributed by atoms with E-state index in [9.17, 15) is 25.2 Å². The number of unbranched alkanes of at least 4 members (excludes halogenated alkanes) is 7. The monoisotopic (exact) mass is 584 g/mol. The number of hydrogen-bond donors (Lipinski definition) is 6. The lowest BCUT2D eigenvalue weighted by atomic mass is 9.81. The molecular weight excluding hydrogens is 518 g/mol. The topological polar surface area (TPSA) is 160 Å². The van der Waals surface area contributed by atoms with Gasteiger partial charge in [0.15, 0.2) is 0 Å². The Labute approximate surface area is 250 Å². The van der Waals surface area contributed by atoms with Gasteiger partial charge in [-0.3, -0.25) is 5.73 Å². The Balaban J connectivity index is 1.72. The Morgan fingerprint density at radius 2 is 1.61 bits per heavy atom. The van der Waals surface area contributed by atoms with Gasteiger partial charge in [-0.1, -0.05) is 64.7 Å². The standard InChI is InChI=1S/C33H65N3O5/c1-3-5-6-7-10-13-28(37)14-11-8-9-12-15-29(32(39)40)30(38)16-18-33(41)22-26(27(23-33)24-35-4-2)20-25-17-19-36-31(34)21-25/h25-31,35-38,41H,3-24,34H2,1-2H3,(H,39,40)/p+1/t25?,26-,27+,28+,29+,30-,31?,33-/m1/s1. The number of aliphatic carboxylic acids is 1. The summed E-state index contributed by atoms with van der Waals surface area (Å²) in [7, 11) is 0. The van der Waals surface area contributed by atoms with Crippen LogP contribution < -0.4 is 21.5 Å². The first-order valence-electron chi connectivity index (χ1n) is 17.4. The molecule has 0 amide bonds. The highest BCUT2D eigenvalue weighted by Gasteiger charge is 2.45.